The molecule has 3 rings (SSSR count). The molecule has 0 saturated heterocycles. The van der Waals surface area contributed by atoms with Gasteiger partial charge in [0.15, 0.2) is 0 Å². The molecule has 0 radical (unpaired) electrons. The standard InChI is InChI=1S/C26H30FN3O6/c1-16(2)36-28-17(3)21-14-29(15-22(31)20-12-19(27)10-11-24(20)35-5)26(33)30(25(21)32)13-18-8-6-7-9-23(18)34-4/h6-12,14,16,22,31H,13,15H2,1-5H3/b28-17+. The Morgan fingerprint density at radius 1 is 1.08 bits per heavy atom. The Bertz CT molecular complexity index is 1360. The van der Waals surface area contributed by atoms with Crippen LogP contribution >= 0.6 is 0 Å². The fraction of sp³-hybridized carbons (Fsp3) is 0.346. The Morgan fingerprint density at radius 3 is 2.44 bits per heavy atom. The van der Waals surface area contributed by atoms with E-state index in [-0.39, 0.29) is 41.8 Å². The molecule has 36 heavy (non-hydrogen) atoms. The Morgan fingerprint density at radius 2 is 1.78 bits per heavy atom. The minimum Gasteiger partial charge on any atom is -0.496 e. The monoisotopic (exact) mass is 499 g/mol. The van der Waals surface area contributed by atoms with Gasteiger partial charge in [0.1, 0.15) is 29.5 Å². The number of oxime groups is 1. The van der Waals surface area contributed by atoms with E-state index in [1.807, 2.05) is 0 Å². The third kappa shape index (κ3) is 6.01. The van der Waals surface area contributed by atoms with E-state index in [0.717, 1.165) is 10.6 Å². The summed E-state index contributed by atoms with van der Waals surface area (Å²) in [5.74, 6) is 0.217. The van der Waals surface area contributed by atoms with Gasteiger partial charge in [-0.3, -0.25) is 13.9 Å². The van der Waals surface area contributed by atoms with E-state index in [1.54, 1.807) is 45.0 Å². The predicted molar refractivity (Wildman–Crippen MR) is 133 cm³/mol. The van der Waals surface area contributed by atoms with Gasteiger partial charge in [-0.2, -0.15) is 0 Å². The predicted octanol–water partition coefficient (Wildman–Crippen LogP) is 3.10. The van der Waals surface area contributed by atoms with Gasteiger partial charge < -0.3 is 19.4 Å². The molecule has 0 fully saturated rings. The maximum Gasteiger partial charge on any atom is 0.331 e. The number of nitrogens with zero attached hydrogens (tertiary/aromatic N) is 3. The topological polar surface area (TPSA) is 104 Å². The van der Waals surface area contributed by atoms with Gasteiger partial charge in [-0.25, -0.2) is 9.18 Å². The summed E-state index contributed by atoms with van der Waals surface area (Å²) in [6.45, 7) is 4.83. The number of para-hydroxylation sites is 1. The molecule has 0 amide bonds. The molecule has 9 nitrogen and oxygen atoms in total. The fourth-order valence-electron chi connectivity index (χ4n) is 3.66. The molecule has 1 heterocycles. The molecule has 0 aliphatic rings. The van der Waals surface area contributed by atoms with E-state index in [0.29, 0.717) is 11.3 Å². The Hall–Kier alpha value is -3.92. The molecule has 2 aromatic carbocycles. The van der Waals surface area contributed by atoms with Gasteiger partial charge in [0, 0.05) is 17.3 Å². The second kappa shape index (κ2) is 11.7. The summed E-state index contributed by atoms with van der Waals surface area (Å²) in [5, 5.41) is 14.9. The molecule has 10 heteroatoms. The number of hydrogen-bond donors (Lipinski definition) is 1. The lowest BCUT2D eigenvalue weighted by Crippen LogP contribution is -2.43. The number of hydrogen-bond acceptors (Lipinski definition) is 7. The van der Waals surface area contributed by atoms with Gasteiger partial charge in [-0.1, -0.05) is 23.4 Å². The van der Waals surface area contributed by atoms with E-state index in [4.69, 9.17) is 14.3 Å². The van der Waals surface area contributed by atoms with Crippen LogP contribution in [0.5, 0.6) is 11.5 Å². The normalized spacial score (nSPS) is 12.5. The zero-order valence-corrected chi connectivity index (χ0v) is 20.9. The second-order valence-corrected chi connectivity index (χ2v) is 8.41. The van der Waals surface area contributed by atoms with E-state index < -0.39 is 23.2 Å². The number of aromatic nitrogens is 2. The Balaban J connectivity index is 2.14. The number of aliphatic hydroxyl groups is 1. The van der Waals surface area contributed by atoms with Crippen LogP contribution < -0.4 is 20.7 Å². The number of halogens is 1. The third-order valence-corrected chi connectivity index (χ3v) is 5.47. The number of aliphatic hydroxyl groups excluding tert-OH is 1. The first-order valence-electron chi connectivity index (χ1n) is 11.3. The van der Waals surface area contributed by atoms with Crippen LogP contribution in [0, 0.1) is 5.82 Å². The van der Waals surface area contributed by atoms with Crippen LogP contribution in [0.15, 0.2) is 63.4 Å². The van der Waals surface area contributed by atoms with E-state index in [9.17, 15) is 19.1 Å². The third-order valence-electron chi connectivity index (χ3n) is 5.47. The Kier molecular flexibility index (Phi) is 8.65. The molecule has 1 unspecified atom stereocenters. The van der Waals surface area contributed by atoms with Crippen molar-refractivity contribution < 1.29 is 23.8 Å². The van der Waals surface area contributed by atoms with E-state index in [2.05, 4.69) is 5.16 Å². The van der Waals surface area contributed by atoms with Crippen molar-refractivity contribution in [2.45, 2.75) is 46.1 Å². The highest BCUT2D eigenvalue weighted by molar-refractivity contribution is 5.97. The Labute approximate surface area is 208 Å². The lowest BCUT2D eigenvalue weighted by Gasteiger charge is -2.18. The first kappa shape index (κ1) is 26.7. The van der Waals surface area contributed by atoms with Crippen molar-refractivity contribution >= 4 is 5.71 Å². The van der Waals surface area contributed by atoms with Crippen molar-refractivity contribution in [2.24, 2.45) is 5.16 Å². The molecule has 1 atom stereocenters. The van der Waals surface area contributed by atoms with Gasteiger partial charge in [-0.05, 0) is 45.0 Å². The summed E-state index contributed by atoms with van der Waals surface area (Å²) in [4.78, 5) is 32.1. The van der Waals surface area contributed by atoms with Crippen LogP contribution in [0.1, 0.15) is 43.6 Å². The first-order valence-corrected chi connectivity index (χ1v) is 11.3. The van der Waals surface area contributed by atoms with E-state index in [1.165, 1.54) is 37.1 Å². The molecule has 192 valence electrons. The maximum absolute atomic E-state index is 13.9. The van der Waals surface area contributed by atoms with Crippen molar-refractivity contribution in [3.63, 3.8) is 0 Å². The SMILES string of the molecule is COc1ccccc1Cn1c(=O)c(/C(C)=N/OC(C)C)cn(CC(O)c2cc(F)ccc2OC)c1=O. The molecule has 0 aliphatic carbocycles. The van der Waals surface area contributed by atoms with Crippen LogP contribution in [0.3, 0.4) is 0 Å². The number of ether oxygens (including phenoxy) is 2. The van der Waals surface area contributed by atoms with Crippen molar-refractivity contribution in [1.29, 1.82) is 0 Å². The lowest BCUT2D eigenvalue weighted by molar-refractivity contribution is 0.0859. The van der Waals surface area contributed by atoms with Gasteiger partial charge in [0.25, 0.3) is 5.56 Å². The van der Waals surface area contributed by atoms with Crippen LogP contribution in [0.2, 0.25) is 0 Å². The molecule has 3 aromatic rings. The summed E-state index contributed by atoms with van der Waals surface area (Å²) in [7, 11) is 2.90. The largest absolute Gasteiger partial charge is 0.496 e. The molecule has 1 N–H and O–H groups in total. The van der Waals surface area contributed by atoms with Crippen molar-refractivity contribution in [3.05, 3.63) is 92.0 Å². The summed E-state index contributed by atoms with van der Waals surface area (Å²) in [6.07, 6.45) is -0.201. The number of rotatable bonds is 10. The highest BCUT2D eigenvalue weighted by Crippen LogP contribution is 2.27. The average molecular weight is 500 g/mol. The van der Waals surface area contributed by atoms with Crippen LogP contribution in [-0.2, 0) is 17.9 Å². The van der Waals surface area contributed by atoms with Crippen molar-refractivity contribution in [3.8, 4) is 11.5 Å². The highest BCUT2D eigenvalue weighted by Gasteiger charge is 2.20. The van der Waals surface area contributed by atoms with Gasteiger partial charge in [-0.15, -0.1) is 0 Å². The molecule has 0 saturated carbocycles. The zero-order chi connectivity index (χ0) is 26.4. The molecular weight excluding hydrogens is 469 g/mol. The molecule has 0 aliphatic heterocycles. The van der Waals surface area contributed by atoms with Gasteiger partial charge in [0.2, 0.25) is 0 Å². The molecule has 0 bridgehead atoms. The lowest BCUT2D eigenvalue weighted by atomic mass is 10.1. The van der Waals surface area contributed by atoms with Crippen LogP contribution in [0.4, 0.5) is 4.39 Å². The molecular formula is C26H30FN3O6. The molecule has 0 spiro atoms. The fourth-order valence-corrected chi connectivity index (χ4v) is 3.66. The average Bonchev–Trinajstić information content (AvgIpc) is 2.86. The summed E-state index contributed by atoms with van der Waals surface area (Å²) < 4.78 is 26.7. The van der Waals surface area contributed by atoms with Gasteiger partial charge in [0.05, 0.1) is 38.6 Å². The van der Waals surface area contributed by atoms with Crippen LogP contribution in [0.25, 0.3) is 0 Å². The summed E-state index contributed by atoms with van der Waals surface area (Å²) in [5.41, 5.74) is -0.0851. The quantitative estimate of drug-likeness (QED) is 0.340. The molecule has 1 aromatic heterocycles. The highest BCUT2D eigenvalue weighted by atomic mass is 19.1. The maximum atomic E-state index is 13.9. The summed E-state index contributed by atoms with van der Waals surface area (Å²) >= 11 is 0. The number of benzene rings is 2. The minimum atomic E-state index is -1.30. The first-order chi connectivity index (χ1) is 17.2. The van der Waals surface area contributed by atoms with Gasteiger partial charge >= 0.3 is 5.69 Å². The second-order valence-electron chi connectivity index (χ2n) is 8.41. The smallest absolute Gasteiger partial charge is 0.331 e. The van der Waals surface area contributed by atoms with Crippen molar-refractivity contribution in [1.82, 2.24) is 9.13 Å². The van der Waals surface area contributed by atoms with Crippen molar-refractivity contribution in [2.75, 3.05) is 14.2 Å². The minimum absolute atomic E-state index is 0.0762. The number of methoxy groups -OCH3 is 2. The summed E-state index contributed by atoms with van der Waals surface area (Å²) in [6, 6.07) is 10.8. The van der Waals surface area contributed by atoms with Crippen LogP contribution in [-0.4, -0.2) is 40.3 Å². The zero-order valence-electron chi connectivity index (χ0n) is 20.9. The van der Waals surface area contributed by atoms with E-state index >= 15 is 0 Å².